The maximum absolute atomic E-state index is 5.48. The molecule has 1 aliphatic heterocycles. The topological polar surface area (TPSA) is 21.3 Å². The van der Waals surface area contributed by atoms with E-state index in [4.69, 9.17) is 4.74 Å². The van der Waals surface area contributed by atoms with Crippen LogP contribution in [0.15, 0.2) is 12.1 Å². The summed E-state index contributed by atoms with van der Waals surface area (Å²) < 4.78 is 5.48. The van der Waals surface area contributed by atoms with Crippen LogP contribution in [0.25, 0.3) is 0 Å². The van der Waals surface area contributed by atoms with Crippen molar-refractivity contribution in [3.63, 3.8) is 0 Å². The lowest BCUT2D eigenvalue weighted by Crippen LogP contribution is -2.41. The Balaban J connectivity index is 1.96. The van der Waals surface area contributed by atoms with Gasteiger partial charge in [0.05, 0.1) is 13.2 Å². The Bertz CT molecular complexity index is 381. The van der Waals surface area contributed by atoms with Gasteiger partial charge in [0.1, 0.15) is 0 Å². The highest BCUT2D eigenvalue weighted by molar-refractivity contribution is 5.36. The molecule has 1 aromatic rings. The zero-order valence-electron chi connectivity index (χ0n) is 11.2. The van der Waals surface area contributed by atoms with E-state index < -0.39 is 0 Å². The van der Waals surface area contributed by atoms with Gasteiger partial charge in [-0.05, 0) is 55.9 Å². The fourth-order valence-corrected chi connectivity index (χ4v) is 2.42. The first kappa shape index (κ1) is 12.6. The molecule has 1 aliphatic rings. The normalized spacial score (nSPS) is 20.5. The second-order valence-corrected chi connectivity index (χ2v) is 5.13. The van der Waals surface area contributed by atoms with Gasteiger partial charge in [0.15, 0.2) is 0 Å². The largest absolute Gasteiger partial charge is 0.379 e. The van der Waals surface area contributed by atoms with Gasteiger partial charge in [0.2, 0.25) is 0 Å². The van der Waals surface area contributed by atoms with Crippen molar-refractivity contribution in [3.8, 4) is 0 Å². The molecule has 1 unspecified atom stereocenters. The van der Waals surface area contributed by atoms with Crippen molar-refractivity contribution in [2.75, 3.05) is 19.8 Å². The maximum atomic E-state index is 5.48. The molecule has 1 atom stereocenters. The first-order valence-electron chi connectivity index (χ1n) is 6.54. The molecule has 0 bridgehead atoms. The van der Waals surface area contributed by atoms with Crippen LogP contribution < -0.4 is 5.32 Å². The first-order chi connectivity index (χ1) is 8.16. The van der Waals surface area contributed by atoms with Gasteiger partial charge in [-0.25, -0.2) is 0 Å². The summed E-state index contributed by atoms with van der Waals surface area (Å²) in [4.78, 5) is 0. The van der Waals surface area contributed by atoms with Crippen LogP contribution in [-0.2, 0) is 11.2 Å². The molecule has 1 N–H and O–H groups in total. The summed E-state index contributed by atoms with van der Waals surface area (Å²) in [6, 6.07) is 5.17. The van der Waals surface area contributed by atoms with Gasteiger partial charge in [0, 0.05) is 12.6 Å². The molecule has 0 spiro atoms. The summed E-state index contributed by atoms with van der Waals surface area (Å²) in [5, 5.41) is 3.51. The third-order valence-electron chi connectivity index (χ3n) is 3.71. The summed E-state index contributed by atoms with van der Waals surface area (Å²) >= 11 is 0. The van der Waals surface area contributed by atoms with E-state index in [0.29, 0.717) is 6.04 Å². The first-order valence-corrected chi connectivity index (χ1v) is 6.54. The quantitative estimate of drug-likeness (QED) is 0.866. The Morgan fingerprint density at radius 1 is 1.18 bits per heavy atom. The van der Waals surface area contributed by atoms with E-state index in [9.17, 15) is 0 Å². The van der Waals surface area contributed by atoms with Crippen LogP contribution in [0, 0.1) is 20.8 Å². The van der Waals surface area contributed by atoms with Crippen molar-refractivity contribution in [3.05, 3.63) is 34.4 Å². The fourth-order valence-electron chi connectivity index (χ4n) is 2.42. The highest BCUT2D eigenvalue weighted by Gasteiger charge is 2.13. The molecule has 1 heterocycles. The number of hydrogen-bond donors (Lipinski definition) is 1. The second-order valence-electron chi connectivity index (χ2n) is 5.13. The summed E-state index contributed by atoms with van der Waals surface area (Å²) in [5.74, 6) is 0. The van der Waals surface area contributed by atoms with E-state index in [-0.39, 0.29) is 0 Å². The van der Waals surface area contributed by atoms with Crippen LogP contribution in [0.5, 0.6) is 0 Å². The number of morpholine rings is 1. The SMILES string of the molecule is Cc1cc(C)c(CCC2COCCN2)cc1C. The predicted octanol–water partition coefficient (Wildman–Crippen LogP) is 2.53. The van der Waals surface area contributed by atoms with E-state index in [0.717, 1.165) is 26.2 Å². The van der Waals surface area contributed by atoms with Gasteiger partial charge in [-0.2, -0.15) is 0 Å². The number of aryl methyl sites for hydroxylation is 4. The van der Waals surface area contributed by atoms with Crippen molar-refractivity contribution in [2.24, 2.45) is 0 Å². The van der Waals surface area contributed by atoms with Crippen LogP contribution in [0.2, 0.25) is 0 Å². The summed E-state index contributed by atoms with van der Waals surface area (Å²) in [6.07, 6.45) is 2.32. The van der Waals surface area contributed by atoms with E-state index in [1.807, 2.05) is 0 Å². The van der Waals surface area contributed by atoms with Crippen molar-refractivity contribution in [1.82, 2.24) is 5.32 Å². The molecule has 1 saturated heterocycles. The van der Waals surface area contributed by atoms with Crippen LogP contribution in [0.4, 0.5) is 0 Å². The molecule has 2 heteroatoms. The van der Waals surface area contributed by atoms with Gasteiger partial charge in [-0.1, -0.05) is 12.1 Å². The van der Waals surface area contributed by atoms with Gasteiger partial charge in [0.25, 0.3) is 0 Å². The van der Waals surface area contributed by atoms with Crippen LogP contribution in [0.3, 0.4) is 0 Å². The average Bonchev–Trinajstić information content (AvgIpc) is 2.33. The molecule has 1 aromatic carbocycles. The highest BCUT2D eigenvalue weighted by atomic mass is 16.5. The molecule has 94 valence electrons. The number of ether oxygens (including phenoxy) is 1. The lowest BCUT2D eigenvalue weighted by atomic mass is 9.96. The zero-order valence-corrected chi connectivity index (χ0v) is 11.2. The lowest BCUT2D eigenvalue weighted by Gasteiger charge is -2.24. The molecule has 0 radical (unpaired) electrons. The minimum absolute atomic E-state index is 0.532. The third-order valence-corrected chi connectivity index (χ3v) is 3.71. The number of hydrogen-bond acceptors (Lipinski definition) is 2. The van der Waals surface area contributed by atoms with E-state index in [1.54, 1.807) is 0 Å². The Hall–Kier alpha value is -0.860. The standard InChI is InChI=1S/C15H23NO/c1-11-8-13(3)14(9-12(11)2)4-5-15-10-17-7-6-16-15/h8-9,15-16H,4-7,10H2,1-3H3. The van der Waals surface area contributed by atoms with Gasteiger partial charge in [-0.15, -0.1) is 0 Å². The van der Waals surface area contributed by atoms with E-state index in [1.165, 1.54) is 28.7 Å². The molecule has 0 aromatic heterocycles. The van der Waals surface area contributed by atoms with Crippen LogP contribution >= 0.6 is 0 Å². The summed E-state index contributed by atoms with van der Waals surface area (Å²) in [6.45, 7) is 9.31. The van der Waals surface area contributed by atoms with Crippen molar-refractivity contribution in [1.29, 1.82) is 0 Å². The van der Waals surface area contributed by atoms with Gasteiger partial charge < -0.3 is 10.1 Å². The van der Waals surface area contributed by atoms with Gasteiger partial charge >= 0.3 is 0 Å². The molecule has 2 nitrogen and oxygen atoms in total. The molecule has 1 fully saturated rings. The fraction of sp³-hybridized carbons (Fsp3) is 0.600. The summed E-state index contributed by atoms with van der Waals surface area (Å²) in [7, 11) is 0. The minimum atomic E-state index is 0.532. The minimum Gasteiger partial charge on any atom is -0.379 e. The zero-order chi connectivity index (χ0) is 12.3. The maximum Gasteiger partial charge on any atom is 0.0620 e. The Labute approximate surface area is 104 Å². The lowest BCUT2D eigenvalue weighted by molar-refractivity contribution is 0.0743. The number of benzene rings is 1. The van der Waals surface area contributed by atoms with Crippen LogP contribution in [0.1, 0.15) is 28.7 Å². The third kappa shape index (κ3) is 3.30. The second kappa shape index (κ2) is 5.65. The molecule has 0 aliphatic carbocycles. The van der Waals surface area contributed by atoms with E-state index >= 15 is 0 Å². The molecule has 0 amide bonds. The van der Waals surface area contributed by atoms with Crippen molar-refractivity contribution < 1.29 is 4.74 Å². The highest BCUT2D eigenvalue weighted by Crippen LogP contribution is 2.17. The molecule has 2 rings (SSSR count). The number of rotatable bonds is 3. The van der Waals surface area contributed by atoms with Crippen LogP contribution in [-0.4, -0.2) is 25.8 Å². The predicted molar refractivity (Wildman–Crippen MR) is 71.6 cm³/mol. The Kier molecular flexibility index (Phi) is 4.19. The Morgan fingerprint density at radius 2 is 1.94 bits per heavy atom. The molecule has 17 heavy (non-hydrogen) atoms. The average molecular weight is 233 g/mol. The van der Waals surface area contributed by atoms with E-state index in [2.05, 4.69) is 38.2 Å². The van der Waals surface area contributed by atoms with Crippen molar-refractivity contribution in [2.45, 2.75) is 39.7 Å². The number of nitrogens with one attached hydrogen (secondary N) is 1. The molecular formula is C15H23NO. The summed E-state index contributed by atoms with van der Waals surface area (Å²) in [5.41, 5.74) is 5.70. The van der Waals surface area contributed by atoms with Gasteiger partial charge in [-0.3, -0.25) is 0 Å². The van der Waals surface area contributed by atoms with Crippen molar-refractivity contribution >= 4 is 0 Å². The Morgan fingerprint density at radius 3 is 2.65 bits per heavy atom. The monoisotopic (exact) mass is 233 g/mol. The molecule has 0 saturated carbocycles. The molecular weight excluding hydrogens is 210 g/mol. The smallest absolute Gasteiger partial charge is 0.0620 e.